The molecule has 120 valence electrons. The van der Waals surface area contributed by atoms with Gasteiger partial charge < -0.3 is 9.64 Å². The third kappa shape index (κ3) is 2.30. The zero-order valence-corrected chi connectivity index (χ0v) is 13.5. The molecule has 0 spiro atoms. The van der Waals surface area contributed by atoms with Gasteiger partial charge in [0.25, 0.3) is 0 Å². The van der Waals surface area contributed by atoms with E-state index in [1.54, 1.807) is 12.1 Å². The smallest absolute Gasteiger partial charge is 0.421 e. The lowest BCUT2D eigenvalue weighted by molar-refractivity contribution is -0.265. The number of rotatable bonds is 1. The molecule has 23 heavy (non-hydrogen) atoms. The Labute approximate surface area is 138 Å². The number of benzene rings is 2. The average molecular weight is 386 g/mol. The SMILES string of the molecule is CN1c2cc(Br)ccc2C(=O)O[C@@]1(c1ccccc1)C(F)(F)F. The van der Waals surface area contributed by atoms with E-state index in [4.69, 9.17) is 4.74 Å². The molecule has 1 atom stereocenters. The summed E-state index contributed by atoms with van der Waals surface area (Å²) in [6.45, 7) is 0. The molecule has 0 amide bonds. The molecule has 0 fully saturated rings. The third-order valence-electron chi connectivity index (χ3n) is 3.80. The molecule has 3 rings (SSSR count). The Bertz CT molecular complexity index is 764. The van der Waals surface area contributed by atoms with Crippen LogP contribution in [0.1, 0.15) is 15.9 Å². The van der Waals surface area contributed by atoms with Gasteiger partial charge in [-0.2, -0.15) is 13.2 Å². The van der Waals surface area contributed by atoms with Crippen molar-refractivity contribution < 1.29 is 22.7 Å². The number of ether oxygens (including phenoxy) is 1. The molecular weight excluding hydrogens is 375 g/mol. The number of anilines is 1. The maximum Gasteiger partial charge on any atom is 0.453 e. The summed E-state index contributed by atoms with van der Waals surface area (Å²) in [5.74, 6) is -1.01. The van der Waals surface area contributed by atoms with Crippen molar-refractivity contribution in [1.82, 2.24) is 0 Å². The summed E-state index contributed by atoms with van der Waals surface area (Å²) >= 11 is 3.22. The lowest BCUT2D eigenvalue weighted by atomic mass is 9.96. The lowest BCUT2D eigenvalue weighted by Gasteiger charge is -2.46. The number of alkyl halides is 3. The fraction of sp³-hybridized carbons (Fsp3) is 0.188. The monoisotopic (exact) mass is 385 g/mol. The van der Waals surface area contributed by atoms with E-state index >= 15 is 0 Å². The topological polar surface area (TPSA) is 29.5 Å². The summed E-state index contributed by atoms with van der Waals surface area (Å²) in [7, 11) is 1.26. The van der Waals surface area contributed by atoms with E-state index in [1.165, 1.54) is 43.4 Å². The quantitative estimate of drug-likeness (QED) is 0.678. The van der Waals surface area contributed by atoms with Gasteiger partial charge in [0.2, 0.25) is 0 Å². The Morgan fingerprint density at radius 2 is 1.78 bits per heavy atom. The van der Waals surface area contributed by atoms with Gasteiger partial charge in [-0.15, -0.1) is 0 Å². The molecule has 0 saturated carbocycles. The van der Waals surface area contributed by atoms with Gasteiger partial charge in [-0.05, 0) is 18.2 Å². The van der Waals surface area contributed by atoms with Gasteiger partial charge in [0, 0.05) is 17.1 Å². The number of hydrogen-bond acceptors (Lipinski definition) is 3. The highest BCUT2D eigenvalue weighted by atomic mass is 79.9. The van der Waals surface area contributed by atoms with Gasteiger partial charge in [-0.1, -0.05) is 46.3 Å². The maximum absolute atomic E-state index is 14.0. The van der Waals surface area contributed by atoms with Crippen LogP contribution in [0.3, 0.4) is 0 Å². The van der Waals surface area contributed by atoms with Crippen molar-refractivity contribution in [3.05, 3.63) is 64.1 Å². The molecule has 1 aliphatic rings. The van der Waals surface area contributed by atoms with Gasteiger partial charge in [0.15, 0.2) is 0 Å². The Balaban J connectivity index is 2.29. The minimum Gasteiger partial charge on any atom is -0.421 e. The highest BCUT2D eigenvalue weighted by molar-refractivity contribution is 9.10. The normalized spacial score (nSPS) is 20.9. The lowest BCUT2D eigenvalue weighted by Crippen LogP contribution is -2.60. The molecule has 0 bridgehead atoms. The van der Waals surface area contributed by atoms with Crippen LogP contribution in [0.15, 0.2) is 53.0 Å². The van der Waals surface area contributed by atoms with Gasteiger partial charge in [-0.3, -0.25) is 0 Å². The van der Waals surface area contributed by atoms with Crippen molar-refractivity contribution in [1.29, 1.82) is 0 Å². The van der Waals surface area contributed by atoms with E-state index in [0.29, 0.717) is 4.47 Å². The molecule has 2 aromatic carbocycles. The number of carbonyl (C=O) groups excluding carboxylic acids is 1. The summed E-state index contributed by atoms with van der Waals surface area (Å²) in [5.41, 5.74) is -2.78. The number of hydrogen-bond donors (Lipinski definition) is 0. The summed E-state index contributed by atoms with van der Waals surface area (Å²) in [5, 5.41) is 0. The van der Waals surface area contributed by atoms with E-state index in [9.17, 15) is 18.0 Å². The van der Waals surface area contributed by atoms with Gasteiger partial charge in [0.1, 0.15) is 0 Å². The van der Waals surface area contributed by atoms with Crippen LogP contribution in [0, 0.1) is 0 Å². The third-order valence-corrected chi connectivity index (χ3v) is 4.30. The van der Waals surface area contributed by atoms with Crippen molar-refractivity contribution in [3.63, 3.8) is 0 Å². The highest BCUT2D eigenvalue weighted by Gasteiger charge is 2.65. The van der Waals surface area contributed by atoms with Crippen LogP contribution in [-0.4, -0.2) is 19.2 Å². The number of carbonyl (C=O) groups is 1. The van der Waals surface area contributed by atoms with Crippen LogP contribution < -0.4 is 4.90 Å². The molecule has 0 saturated heterocycles. The van der Waals surface area contributed by atoms with Crippen LogP contribution in [0.5, 0.6) is 0 Å². The number of cyclic esters (lactones) is 1. The minimum atomic E-state index is -4.82. The number of fused-ring (bicyclic) bond motifs is 1. The largest absolute Gasteiger partial charge is 0.453 e. The van der Waals surface area contributed by atoms with Crippen molar-refractivity contribution in [2.24, 2.45) is 0 Å². The van der Waals surface area contributed by atoms with Crippen LogP contribution in [0.4, 0.5) is 18.9 Å². The number of esters is 1. The molecule has 0 aliphatic carbocycles. The van der Waals surface area contributed by atoms with Gasteiger partial charge >= 0.3 is 17.9 Å². The second-order valence-electron chi connectivity index (χ2n) is 5.12. The van der Waals surface area contributed by atoms with Crippen molar-refractivity contribution in [3.8, 4) is 0 Å². The fourth-order valence-corrected chi connectivity index (χ4v) is 3.06. The van der Waals surface area contributed by atoms with E-state index in [0.717, 1.165) is 4.90 Å². The Morgan fingerprint density at radius 3 is 2.39 bits per heavy atom. The first-order valence-corrected chi connectivity index (χ1v) is 7.45. The molecule has 1 heterocycles. The van der Waals surface area contributed by atoms with E-state index < -0.39 is 17.9 Å². The fourth-order valence-electron chi connectivity index (χ4n) is 2.71. The Kier molecular flexibility index (Phi) is 3.63. The second-order valence-corrected chi connectivity index (χ2v) is 6.03. The van der Waals surface area contributed by atoms with Crippen molar-refractivity contribution in [2.45, 2.75) is 11.9 Å². The maximum atomic E-state index is 14.0. The zero-order valence-electron chi connectivity index (χ0n) is 11.9. The van der Waals surface area contributed by atoms with E-state index in [1.807, 2.05) is 0 Å². The first kappa shape index (κ1) is 15.9. The second kappa shape index (κ2) is 5.26. The number of nitrogens with zero attached hydrogens (tertiary/aromatic N) is 1. The molecule has 0 aromatic heterocycles. The summed E-state index contributed by atoms with van der Waals surface area (Å²) in [6, 6.07) is 11.6. The van der Waals surface area contributed by atoms with Crippen LogP contribution >= 0.6 is 15.9 Å². The van der Waals surface area contributed by atoms with Crippen LogP contribution in [0.25, 0.3) is 0 Å². The highest BCUT2D eigenvalue weighted by Crippen LogP contribution is 2.50. The first-order chi connectivity index (χ1) is 10.8. The number of halogens is 4. The molecule has 0 radical (unpaired) electrons. The first-order valence-electron chi connectivity index (χ1n) is 6.66. The predicted octanol–water partition coefficient (Wildman–Crippen LogP) is 4.47. The van der Waals surface area contributed by atoms with E-state index in [2.05, 4.69) is 15.9 Å². The summed E-state index contributed by atoms with van der Waals surface area (Å²) in [6.07, 6.45) is -4.82. The molecule has 0 N–H and O–H groups in total. The molecule has 1 aliphatic heterocycles. The molecule has 2 aromatic rings. The molecule has 3 nitrogen and oxygen atoms in total. The standard InChI is InChI=1S/C16H11BrF3NO2/c1-21-13-9-11(17)7-8-12(13)14(22)23-15(21,16(18,19)20)10-5-3-2-4-6-10/h2-9H,1H3/t15-/m0/s1. The molecule has 7 heteroatoms. The zero-order chi connectivity index (χ0) is 16.8. The summed E-state index contributed by atoms with van der Waals surface area (Å²) < 4.78 is 47.4. The molecule has 0 unspecified atom stereocenters. The van der Waals surface area contributed by atoms with Crippen LogP contribution in [-0.2, 0) is 10.5 Å². The Hall–Kier alpha value is -2.02. The van der Waals surface area contributed by atoms with Gasteiger partial charge in [0.05, 0.1) is 11.3 Å². The van der Waals surface area contributed by atoms with Crippen molar-refractivity contribution in [2.75, 3.05) is 11.9 Å². The van der Waals surface area contributed by atoms with Crippen molar-refractivity contribution >= 4 is 27.6 Å². The van der Waals surface area contributed by atoms with Crippen LogP contribution in [0.2, 0.25) is 0 Å². The average Bonchev–Trinajstić information content (AvgIpc) is 2.50. The minimum absolute atomic E-state index is 0.0894. The van der Waals surface area contributed by atoms with E-state index in [-0.39, 0.29) is 16.8 Å². The Morgan fingerprint density at radius 1 is 1.13 bits per heavy atom. The van der Waals surface area contributed by atoms with Gasteiger partial charge in [-0.25, -0.2) is 4.79 Å². The predicted molar refractivity (Wildman–Crippen MR) is 82.1 cm³/mol. The molecular formula is C16H11BrF3NO2. The summed E-state index contributed by atoms with van der Waals surface area (Å²) in [4.78, 5) is 13.2.